The molecule has 1 spiro atoms. The summed E-state index contributed by atoms with van der Waals surface area (Å²) in [5, 5.41) is 13.2. The maximum Gasteiger partial charge on any atom is 0.237 e. The summed E-state index contributed by atoms with van der Waals surface area (Å²) in [6, 6.07) is 22.1. The first kappa shape index (κ1) is 26.1. The number of amides is 1. The third-order valence-corrected chi connectivity index (χ3v) is 7.49. The lowest BCUT2D eigenvalue weighted by atomic mass is 9.79. The first-order chi connectivity index (χ1) is 19.1. The van der Waals surface area contributed by atoms with Gasteiger partial charge in [-0.3, -0.25) is 14.6 Å². The Morgan fingerprint density at radius 1 is 0.923 bits per heavy atom. The minimum atomic E-state index is -0.564. The van der Waals surface area contributed by atoms with Crippen LogP contribution in [0.3, 0.4) is 0 Å². The monoisotopic (exact) mass is 521 g/mol. The van der Waals surface area contributed by atoms with E-state index in [2.05, 4.69) is 68.9 Å². The Hall–Kier alpha value is -4.56. The molecule has 0 bridgehead atoms. The molecule has 1 amide bonds. The quantitative estimate of drug-likeness (QED) is 0.345. The molecular formula is C31H31N5O3. The van der Waals surface area contributed by atoms with Crippen LogP contribution in [0.2, 0.25) is 0 Å². The van der Waals surface area contributed by atoms with Crippen LogP contribution < -0.4 is 15.5 Å². The molecule has 4 heterocycles. The van der Waals surface area contributed by atoms with Gasteiger partial charge in [0.15, 0.2) is 6.29 Å². The number of pyridine rings is 2. The smallest absolute Gasteiger partial charge is 0.237 e. The number of aliphatic hydroxyl groups is 1. The van der Waals surface area contributed by atoms with Crippen molar-refractivity contribution in [3.8, 4) is 0 Å². The Bertz CT molecular complexity index is 1520. The van der Waals surface area contributed by atoms with Crippen molar-refractivity contribution in [3.05, 3.63) is 107 Å². The molecule has 2 aromatic carbocycles. The normalized spacial score (nSPS) is 17.6. The largest absolute Gasteiger partial charge is 0.400 e. The lowest BCUT2D eigenvalue weighted by Crippen LogP contribution is -2.35. The minimum absolute atomic E-state index is 0.0201. The molecule has 1 unspecified atom stereocenters. The fraction of sp³-hybridized carbons (Fsp3) is 0.226. The van der Waals surface area contributed by atoms with Crippen LogP contribution in [-0.4, -0.2) is 48.0 Å². The highest BCUT2D eigenvalue weighted by Crippen LogP contribution is 2.47. The molecule has 3 N–H and O–H groups in total. The molecule has 198 valence electrons. The van der Waals surface area contributed by atoms with E-state index in [0.29, 0.717) is 24.4 Å². The molecule has 2 aromatic heterocycles. The molecule has 0 radical (unpaired) electrons. The number of hydrogen-bond acceptors (Lipinski definition) is 7. The molecular weight excluding hydrogens is 490 g/mol. The second-order valence-electron chi connectivity index (χ2n) is 9.79. The molecule has 3 aliphatic rings. The molecule has 0 fully saturated rings. The Labute approximate surface area is 227 Å². The van der Waals surface area contributed by atoms with Crippen molar-refractivity contribution >= 4 is 35.1 Å². The molecule has 8 nitrogen and oxygen atoms in total. The second-order valence-corrected chi connectivity index (χ2v) is 9.79. The number of fused-ring (bicyclic) bond motifs is 4. The van der Waals surface area contributed by atoms with Gasteiger partial charge < -0.3 is 20.6 Å². The number of nitrogens with zero attached hydrogens (tertiary/aromatic N) is 3. The topological polar surface area (TPSA) is 107 Å². The van der Waals surface area contributed by atoms with E-state index in [1.54, 1.807) is 18.5 Å². The van der Waals surface area contributed by atoms with Crippen LogP contribution in [0.5, 0.6) is 0 Å². The average molecular weight is 522 g/mol. The standard InChI is InChI=1S/C21H16N4O2.C9H11N.CH4O/c26-12-17-9-16(5-7-22-17)24-15-4-3-13-10-21(11-14(13)8-15)18-2-1-6-23-19(18)25-20(21)27;1-10-7-6-8-4-2-3-5-9(8)10;1-2/h1-9,12H,10-11H2,(H,22,24)(H,23,25,27);2-5H,6-7H2,1H3;2H,1H3. The molecule has 1 atom stereocenters. The Morgan fingerprint density at radius 2 is 1.72 bits per heavy atom. The number of benzene rings is 2. The van der Waals surface area contributed by atoms with Crippen molar-refractivity contribution in [2.45, 2.75) is 24.7 Å². The zero-order valence-electron chi connectivity index (χ0n) is 22.0. The average Bonchev–Trinajstić information content (AvgIpc) is 3.64. The fourth-order valence-electron chi connectivity index (χ4n) is 5.61. The summed E-state index contributed by atoms with van der Waals surface area (Å²) in [4.78, 5) is 34.2. The predicted octanol–water partition coefficient (Wildman–Crippen LogP) is 4.31. The molecule has 1 aliphatic carbocycles. The van der Waals surface area contributed by atoms with E-state index in [1.807, 2.05) is 24.3 Å². The van der Waals surface area contributed by atoms with Gasteiger partial charge in [0, 0.05) is 55.7 Å². The third kappa shape index (κ3) is 4.98. The summed E-state index contributed by atoms with van der Waals surface area (Å²) in [6.45, 7) is 1.18. The molecule has 39 heavy (non-hydrogen) atoms. The third-order valence-electron chi connectivity index (χ3n) is 7.49. The van der Waals surface area contributed by atoms with Gasteiger partial charge in [-0.05, 0) is 72.4 Å². The van der Waals surface area contributed by atoms with Crippen molar-refractivity contribution < 1.29 is 14.7 Å². The van der Waals surface area contributed by atoms with Crippen molar-refractivity contribution in [2.75, 3.05) is 36.2 Å². The molecule has 0 saturated carbocycles. The van der Waals surface area contributed by atoms with Gasteiger partial charge in [0.05, 0.1) is 5.41 Å². The van der Waals surface area contributed by atoms with Gasteiger partial charge >= 0.3 is 0 Å². The molecule has 4 aromatic rings. The number of nitrogens with one attached hydrogen (secondary N) is 2. The van der Waals surface area contributed by atoms with Gasteiger partial charge in [0.1, 0.15) is 11.5 Å². The number of likely N-dealkylation sites (N-methyl/N-ethyl adjacent to an activating group) is 1. The number of carbonyl (C=O) groups is 2. The number of para-hydroxylation sites is 1. The van der Waals surface area contributed by atoms with Crippen molar-refractivity contribution in [1.29, 1.82) is 0 Å². The number of rotatable bonds is 3. The zero-order chi connectivity index (χ0) is 27.4. The van der Waals surface area contributed by atoms with Crippen LogP contribution in [0.1, 0.15) is 32.7 Å². The van der Waals surface area contributed by atoms with Gasteiger partial charge in [0.2, 0.25) is 5.91 Å². The van der Waals surface area contributed by atoms with Gasteiger partial charge in [-0.1, -0.05) is 30.3 Å². The van der Waals surface area contributed by atoms with E-state index in [4.69, 9.17) is 5.11 Å². The maximum absolute atomic E-state index is 12.8. The summed E-state index contributed by atoms with van der Waals surface area (Å²) < 4.78 is 0. The highest BCUT2D eigenvalue weighted by atomic mass is 16.2. The number of aldehydes is 1. The Morgan fingerprint density at radius 3 is 2.54 bits per heavy atom. The minimum Gasteiger partial charge on any atom is -0.400 e. The number of hydrogen-bond donors (Lipinski definition) is 3. The van der Waals surface area contributed by atoms with Crippen LogP contribution in [0.4, 0.5) is 22.9 Å². The highest BCUT2D eigenvalue weighted by Gasteiger charge is 2.51. The number of aromatic nitrogens is 2. The van der Waals surface area contributed by atoms with Crippen LogP contribution in [0.25, 0.3) is 0 Å². The summed E-state index contributed by atoms with van der Waals surface area (Å²) >= 11 is 0. The van der Waals surface area contributed by atoms with Gasteiger partial charge in [0.25, 0.3) is 0 Å². The second kappa shape index (κ2) is 11.0. The Kier molecular flexibility index (Phi) is 7.38. The van der Waals surface area contributed by atoms with Gasteiger partial charge in [-0.15, -0.1) is 0 Å². The van der Waals surface area contributed by atoms with E-state index in [1.165, 1.54) is 29.8 Å². The summed E-state index contributed by atoms with van der Waals surface area (Å²) in [5.41, 5.74) is 7.73. The van der Waals surface area contributed by atoms with E-state index in [9.17, 15) is 9.59 Å². The summed E-state index contributed by atoms with van der Waals surface area (Å²) in [6.07, 6.45) is 6.57. The van der Waals surface area contributed by atoms with Crippen LogP contribution >= 0.6 is 0 Å². The van der Waals surface area contributed by atoms with E-state index < -0.39 is 5.41 Å². The molecule has 8 heteroatoms. The summed E-state index contributed by atoms with van der Waals surface area (Å²) in [5.74, 6) is 0.693. The lowest BCUT2D eigenvalue weighted by molar-refractivity contribution is -0.120. The lowest BCUT2D eigenvalue weighted by Gasteiger charge is -2.20. The SMILES string of the molecule is CN1CCc2ccccc21.CO.O=Cc1cc(Nc2ccc3c(c2)CC2(C3)C(=O)Nc3ncccc32)ccn1. The van der Waals surface area contributed by atoms with E-state index >= 15 is 0 Å². The number of anilines is 4. The van der Waals surface area contributed by atoms with Crippen LogP contribution in [-0.2, 0) is 29.5 Å². The van der Waals surface area contributed by atoms with E-state index in [0.717, 1.165) is 35.9 Å². The highest BCUT2D eigenvalue weighted by molar-refractivity contribution is 6.06. The number of carbonyl (C=O) groups excluding carboxylic acids is 2. The maximum atomic E-state index is 12.8. The zero-order valence-corrected chi connectivity index (χ0v) is 22.0. The van der Waals surface area contributed by atoms with Crippen molar-refractivity contribution in [2.24, 2.45) is 0 Å². The van der Waals surface area contributed by atoms with Gasteiger partial charge in [-0.2, -0.15) is 0 Å². The molecule has 2 aliphatic heterocycles. The van der Waals surface area contributed by atoms with Gasteiger partial charge in [-0.25, -0.2) is 4.98 Å². The number of aliphatic hydroxyl groups excluding tert-OH is 1. The first-order valence-corrected chi connectivity index (χ1v) is 12.9. The predicted molar refractivity (Wildman–Crippen MR) is 153 cm³/mol. The Balaban J connectivity index is 0.000000214. The summed E-state index contributed by atoms with van der Waals surface area (Å²) in [7, 11) is 3.14. The van der Waals surface area contributed by atoms with Crippen molar-refractivity contribution in [1.82, 2.24) is 9.97 Å². The molecule has 7 rings (SSSR count). The fourth-order valence-corrected chi connectivity index (χ4v) is 5.61. The van der Waals surface area contributed by atoms with Crippen LogP contribution in [0.15, 0.2) is 79.1 Å². The van der Waals surface area contributed by atoms with Crippen LogP contribution in [0, 0.1) is 0 Å². The van der Waals surface area contributed by atoms with E-state index in [-0.39, 0.29) is 5.91 Å². The molecule has 0 saturated heterocycles. The first-order valence-electron chi connectivity index (χ1n) is 12.9. The van der Waals surface area contributed by atoms with Crippen molar-refractivity contribution in [3.63, 3.8) is 0 Å².